The van der Waals surface area contributed by atoms with Crippen LogP contribution < -0.4 is 15.4 Å². The number of hydrogen-bond acceptors (Lipinski definition) is 5. The van der Waals surface area contributed by atoms with E-state index in [9.17, 15) is 14.4 Å². The molecule has 0 heterocycles. The summed E-state index contributed by atoms with van der Waals surface area (Å²) in [5.74, 6) is -0.200. The van der Waals surface area contributed by atoms with Gasteiger partial charge < -0.3 is 20.1 Å². The monoisotopic (exact) mass is 432 g/mol. The normalized spacial score (nSPS) is 10.2. The second kappa shape index (κ2) is 10.8. The molecule has 0 unspecified atom stereocenters. The third kappa shape index (κ3) is 6.43. The van der Waals surface area contributed by atoms with E-state index >= 15 is 0 Å². The SMILES string of the molecule is CCOC(=O)Oc1ccc(C(=O)Nc2cccc(NC(=O)Cc3ccccc3C)c2)cc1. The minimum Gasteiger partial charge on any atom is -0.434 e. The van der Waals surface area contributed by atoms with Gasteiger partial charge in [-0.05, 0) is 67.4 Å². The van der Waals surface area contributed by atoms with Crippen LogP contribution in [0.2, 0.25) is 0 Å². The highest BCUT2D eigenvalue weighted by molar-refractivity contribution is 6.04. The van der Waals surface area contributed by atoms with Gasteiger partial charge >= 0.3 is 6.16 Å². The maximum atomic E-state index is 12.5. The van der Waals surface area contributed by atoms with Gasteiger partial charge in [0, 0.05) is 16.9 Å². The van der Waals surface area contributed by atoms with Gasteiger partial charge in [0.25, 0.3) is 5.91 Å². The largest absolute Gasteiger partial charge is 0.513 e. The predicted octanol–water partition coefficient (Wildman–Crippen LogP) is 4.96. The summed E-state index contributed by atoms with van der Waals surface area (Å²) in [4.78, 5) is 36.3. The fraction of sp³-hybridized carbons (Fsp3) is 0.160. The molecule has 0 bridgehead atoms. The zero-order valence-electron chi connectivity index (χ0n) is 17.9. The summed E-state index contributed by atoms with van der Waals surface area (Å²) < 4.78 is 9.69. The van der Waals surface area contributed by atoms with Crippen molar-refractivity contribution in [3.63, 3.8) is 0 Å². The smallest absolute Gasteiger partial charge is 0.434 e. The molecule has 0 aromatic heterocycles. The first-order chi connectivity index (χ1) is 15.4. The van der Waals surface area contributed by atoms with E-state index in [4.69, 9.17) is 9.47 Å². The molecule has 7 heteroatoms. The van der Waals surface area contributed by atoms with Gasteiger partial charge in [0.15, 0.2) is 0 Å². The number of aryl methyl sites for hydroxylation is 1. The van der Waals surface area contributed by atoms with E-state index in [1.807, 2.05) is 31.2 Å². The number of nitrogens with one attached hydrogen (secondary N) is 2. The van der Waals surface area contributed by atoms with Gasteiger partial charge in [-0.3, -0.25) is 9.59 Å². The maximum Gasteiger partial charge on any atom is 0.513 e. The molecule has 0 aliphatic heterocycles. The van der Waals surface area contributed by atoms with Crippen molar-refractivity contribution in [2.45, 2.75) is 20.3 Å². The van der Waals surface area contributed by atoms with Gasteiger partial charge in [-0.25, -0.2) is 4.79 Å². The Morgan fingerprint density at radius 2 is 1.53 bits per heavy atom. The molecule has 0 aliphatic carbocycles. The standard InChI is InChI=1S/C25H24N2O5/c1-3-31-25(30)32-22-13-11-18(12-14-22)24(29)27-21-10-6-9-20(16-21)26-23(28)15-19-8-5-4-7-17(19)2/h4-14,16H,3,15H2,1-2H3,(H,26,28)(H,27,29). The van der Waals surface area contributed by atoms with E-state index in [1.165, 1.54) is 24.3 Å². The van der Waals surface area contributed by atoms with Gasteiger partial charge in [-0.2, -0.15) is 0 Å². The van der Waals surface area contributed by atoms with Crippen molar-refractivity contribution in [1.29, 1.82) is 0 Å². The molecule has 3 aromatic rings. The molecule has 164 valence electrons. The number of hydrogen-bond donors (Lipinski definition) is 2. The van der Waals surface area contributed by atoms with Crippen LogP contribution in [0.4, 0.5) is 16.2 Å². The molecule has 2 amide bonds. The third-order valence-electron chi connectivity index (χ3n) is 4.60. The molecule has 2 N–H and O–H groups in total. The number of benzene rings is 3. The van der Waals surface area contributed by atoms with Crippen LogP contribution in [0.3, 0.4) is 0 Å². The van der Waals surface area contributed by atoms with E-state index in [0.29, 0.717) is 16.9 Å². The fourth-order valence-corrected chi connectivity index (χ4v) is 2.98. The number of ether oxygens (including phenoxy) is 2. The molecule has 0 radical (unpaired) electrons. The highest BCUT2D eigenvalue weighted by atomic mass is 16.7. The van der Waals surface area contributed by atoms with E-state index < -0.39 is 6.16 Å². The molecule has 32 heavy (non-hydrogen) atoms. The van der Waals surface area contributed by atoms with Crippen molar-refractivity contribution in [2.75, 3.05) is 17.2 Å². The number of carbonyl (C=O) groups is 3. The summed E-state index contributed by atoms with van der Waals surface area (Å²) in [6.45, 7) is 3.86. The molecule has 0 spiro atoms. The number of amides is 2. The molecule has 3 rings (SSSR count). The molecular weight excluding hydrogens is 408 g/mol. The minimum absolute atomic E-state index is 0.139. The first kappa shape index (κ1) is 22.6. The number of anilines is 2. The molecule has 7 nitrogen and oxygen atoms in total. The molecule has 0 saturated heterocycles. The van der Waals surface area contributed by atoms with Crippen molar-refractivity contribution >= 4 is 29.3 Å². The van der Waals surface area contributed by atoms with Gasteiger partial charge in [-0.15, -0.1) is 0 Å². The summed E-state index contributed by atoms with van der Waals surface area (Å²) in [5, 5.41) is 5.64. The molecule has 0 fully saturated rings. The summed E-state index contributed by atoms with van der Waals surface area (Å²) in [6.07, 6.45) is -0.533. The lowest BCUT2D eigenvalue weighted by atomic mass is 10.1. The Bertz CT molecular complexity index is 1110. The Hall–Kier alpha value is -4.13. The van der Waals surface area contributed by atoms with E-state index in [0.717, 1.165) is 11.1 Å². The Morgan fingerprint density at radius 1 is 0.844 bits per heavy atom. The van der Waals surface area contributed by atoms with E-state index in [-0.39, 0.29) is 30.6 Å². The summed E-state index contributed by atoms with van der Waals surface area (Å²) in [6, 6.07) is 20.7. The zero-order valence-corrected chi connectivity index (χ0v) is 17.9. The summed E-state index contributed by atoms with van der Waals surface area (Å²) in [5.41, 5.74) is 3.53. The third-order valence-corrected chi connectivity index (χ3v) is 4.60. The number of rotatable bonds is 7. The van der Waals surface area contributed by atoms with Gasteiger partial charge in [0.05, 0.1) is 13.0 Å². The molecular formula is C25H24N2O5. The van der Waals surface area contributed by atoms with Crippen molar-refractivity contribution < 1.29 is 23.9 Å². The quantitative estimate of drug-likeness (QED) is 0.406. The highest BCUT2D eigenvalue weighted by Gasteiger charge is 2.10. The molecule has 0 saturated carbocycles. The van der Waals surface area contributed by atoms with Crippen LogP contribution in [0.5, 0.6) is 5.75 Å². The van der Waals surface area contributed by atoms with Crippen LogP contribution >= 0.6 is 0 Å². The lowest BCUT2D eigenvalue weighted by Crippen LogP contribution is -2.16. The van der Waals surface area contributed by atoms with Crippen LogP contribution in [-0.2, 0) is 16.0 Å². The second-order valence-electron chi connectivity index (χ2n) is 7.00. The van der Waals surface area contributed by atoms with Crippen molar-refractivity contribution in [3.8, 4) is 5.75 Å². The Balaban J connectivity index is 1.59. The molecule has 0 aliphatic rings. The first-order valence-electron chi connectivity index (χ1n) is 10.1. The Kier molecular flexibility index (Phi) is 7.59. The van der Waals surface area contributed by atoms with E-state index in [2.05, 4.69) is 10.6 Å². The van der Waals surface area contributed by atoms with Crippen LogP contribution in [0, 0.1) is 6.92 Å². The van der Waals surface area contributed by atoms with Crippen LogP contribution in [0.25, 0.3) is 0 Å². The van der Waals surface area contributed by atoms with Crippen molar-refractivity contribution in [1.82, 2.24) is 0 Å². The fourth-order valence-electron chi connectivity index (χ4n) is 2.98. The lowest BCUT2D eigenvalue weighted by molar-refractivity contribution is -0.115. The van der Waals surface area contributed by atoms with Crippen molar-refractivity contribution in [2.24, 2.45) is 0 Å². The van der Waals surface area contributed by atoms with Crippen LogP contribution in [-0.4, -0.2) is 24.6 Å². The molecule has 0 atom stereocenters. The van der Waals surface area contributed by atoms with Crippen molar-refractivity contribution in [3.05, 3.63) is 89.5 Å². The van der Waals surface area contributed by atoms with Crippen LogP contribution in [0.15, 0.2) is 72.8 Å². The topological polar surface area (TPSA) is 93.7 Å². The summed E-state index contributed by atoms with van der Waals surface area (Å²) in [7, 11) is 0. The summed E-state index contributed by atoms with van der Waals surface area (Å²) >= 11 is 0. The molecule has 3 aromatic carbocycles. The average molecular weight is 432 g/mol. The van der Waals surface area contributed by atoms with E-state index in [1.54, 1.807) is 31.2 Å². The van der Waals surface area contributed by atoms with Gasteiger partial charge in [0.1, 0.15) is 5.75 Å². The second-order valence-corrected chi connectivity index (χ2v) is 7.00. The number of carbonyl (C=O) groups excluding carboxylic acids is 3. The van der Waals surface area contributed by atoms with Gasteiger partial charge in [-0.1, -0.05) is 30.3 Å². The van der Waals surface area contributed by atoms with Gasteiger partial charge in [0.2, 0.25) is 5.91 Å². The Morgan fingerprint density at radius 3 is 2.22 bits per heavy atom. The minimum atomic E-state index is -0.800. The van der Waals surface area contributed by atoms with Crippen LogP contribution in [0.1, 0.15) is 28.4 Å². The Labute approximate surface area is 186 Å². The highest BCUT2D eigenvalue weighted by Crippen LogP contribution is 2.18. The lowest BCUT2D eigenvalue weighted by Gasteiger charge is -2.10. The predicted molar refractivity (Wildman–Crippen MR) is 122 cm³/mol. The zero-order chi connectivity index (χ0) is 22.9. The average Bonchev–Trinajstić information content (AvgIpc) is 2.76. The maximum absolute atomic E-state index is 12.5. The first-order valence-corrected chi connectivity index (χ1v) is 10.1.